The van der Waals surface area contributed by atoms with Crippen molar-refractivity contribution in [2.45, 2.75) is 0 Å². The third-order valence-electron chi connectivity index (χ3n) is 6.19. The molecule has 212 valence electrons. The zero-order valence-corrected chi connectivity index (χ0v) is 25.3. The fraction of sp³-hybridized carbons (Fsp3) is 0.259. The predicted molar refractivity (Wildman–Crippen MR) is 166 cm³/mol. The van der Waals surface area contributed by atoms with E-state index in [1.165, 1.54) is 10.6 Å². The van der Waals surface area contributed by atoms with Gasteiger partial charge in [0.15, 0.2) is 0 Å². The normalized spacial score (nSPS) is 10.8. The van der Waals surface area contributed by atoms with Gasteiger partial charge >= 0.3 is 5.69 Å². The summed E-state index contributed by atoms with van der Waals surface area (Å²) >= 11 is 3.46. The number of halogens is 2. The second-order valence-electron chi connectivity index (χ2n) is 9.16. The lowest BCUT2D eigenvalue weighted by atomic mass is 10.2. The van der Waals surface area contributed by atoms with E-state index in [1.807, 2.05) is 50.3 Å². The average Bonchev–Trinajstić information content (AvgIpc) is 3.16. The van der Waals surface area contributed by atoms with E-state index < -0.39 is 0 Å². The fourth-order valence-electron chi connectivity index (χ4n) is 4.09. The van der Waals surface area contributed by atoms with Crippen molar-refractivity contribution in [3.05, 3.63) is 70.2 Å². The molecule has 0 saturated carbocycles. The molecule has 2 N–H and O–H groups in total. The van der Waals surface area contributed by atoms with Gasteiger partial charge < -0.3 is 25.2 Å². The maximum atomic E-state index is 13.1. The molecule has 0 spiro atoms. The van der Waals surface area contributed by atoms with Crippen LogP contribution in [0.25, 0.3) is 16.9 Å². The molecule has 0 aliphatic rings. The fourth-order valence-corrected chi connectivity index (χ4v) is 4.44. The molecule has 0 aliphatic heterocycles. The first kappa shape index (κ1) is 30.7. The zero-order valence-electron chi connectivity index (χ0n) is 22.9. The van der Waals surface area contributed by atoms with Gasteiger partial charge in [0, 0.05) is 50.0 Å². The molecule has 2 aromatic heterocycles. The molecule has 0 unspecified atom stereocenters. The Bertz CT molecular complexity index is 1600. The minimum absolute atomic E-state index is 0. The molecule has 0 aliphatic carbocycles. The van der Waals surface area contributed by atoms with E-state index in [0.717, 1.165) is 28.8 Å². The number of carbonyl (C=O) groups is 1. The van der Waals surface area contributed by atoms with E-state index in [1.54, 1.807) is 37.1 Å². The third kappa shape index (κ3) is 6.46. The predicted octanol–water partition coefficient (Wildman–Crippen LogP) is 4.18. The summed E-state index contributed by atoms with van der Waals surface area (Å²) in [5.41, 5.74) is 3.13. The summed E-state index contributed by atoms with van der Waals surface area (Å²) in [7, 11) is 9.23. The maximum Gasteiger partial charge on any atom is 0.334 e. The van der Waals surface area contributed by atoms with Crippen molar-refractivity contribution in [1.82, 2.24) is 24.0 Å². The van der Waals surface area contributed by atoms with Crippen LogP contribution in [-0.2, 0) is 11.8 Å². The van der Waals surface area contributed by atoms with E-state index >= 15 is 0 Å². The molecule has 1 amide bonds. The highest BCUT2D eigenvalue weighted by atomic mass is 79.9. The number of fused-ring (bicyclic) bond motifs is 1. The number of anilines is 4. The summed E-state index contributed by atoms with van der Waals surface area (Å²) in [4.78, 5) is 38.4. The standard InChI is InChI=1S/C27H31BrN8O3.ClH/c1-7-25(37)30-18-15-19(23(39-6)16-21(18)34(4)13-12-33(2)3)31-26-29-11-10-24(32-26)36-20-9-8-17(28)14-22(20)35(5)27(36)38;/h7-11,14-16H,1,12-13H2,2-6H3,(H,30,37)(H,29,31,32);1H. The van der Waals surface area contributed by atoms with Crippen LogP contribution in [0.15, 0.2) is 64.5 Å². The highest BCUT2D eigenvalue weighted by molar-refractivity contribution is 9.10. The quantitative estimate of drug-likeness (QED) is 0.251. The van der Waals surface area contributed by atoms with Crippen LogP contribution >= 0.6 is 28.3 Å². The SMILES string of the molecule is C=CC(=O)Nc1cc(Nc2nccc(-n3c(=O)n(C)c4cc(Br)ccc43)n2)c(OC)cc1N(C)CCN(C)C.Cl. The van der Waals surface area contributed by atoms with Gasteiger partial charge in [-0.2, -0.15) is 4.98 Å². The Morgan fingerprint density at radius 2 is 1.88 bits per heavy atom. The number of aryl methyl sites for hydroxylation is 1. The number of aromatic nitrogens is 4. The number of likely N-dealkylation sites (N-methyl/N-ethyl adjacent to an activating group) is 2. The van der Waals surface area contributed by atoms with Crippen molar-refractivity contribution in [3.8, 4) is 11.6 Å². The lowest BCUT2D eigenvalue weighted by Crippen LogP contribution is -2.29. The molecule has 4 aromatic rings. The van der Waals surface area contributed by atoms with Gasteiger partial charge in [0.05, 0.1) is 35.2 Å². The van der Waals surface area contributed by atoms with Crippen LogP contribution in [0.1, 0.15) is 0 Å². The first-order chi connectivity index (χ1) is 18.6. The number of nitrogens with one attached hydrogen (secondary N) is 2. The van der Waals surface area contributed by atoms with E-state index in [-0.39, 0.29) is 30.0 Å². The smallest absolute Gasteiger partial charge is 0.334 e. The molecule has 40 heavy (non-hydrogen) atoms. The third-order valence-corrected chi connectivity index (χ3v) is 6.68. The Kier molecular flexibility index (Phi) is 9.96. The van der Waals surface area contributed by atoms with Crippen LogP contribution in [0.4, 0.5) is 23.0 Å². The van der Waals surface area contributed by atoms with Crippen LogP contribution in [0.3, 0.4) is 0 Å². The summed E-state index contributed by atoms with van der Waals surface area (Å²) < 4.78 is 9.65. The van der Waals surface area contributed by atoms with E-state index in [2.05, 4.69) is 48.0 Å². The van der Waals surface area contributed by atoms with Crippen LogP contribution in [-0.4, -0.2) is 71.3 Å². The Hall–Kier alpha value is -3.87. The lowest BCUT2D eigenvalue weighted by molar-refractivity contribution is -0.111. The average molecular weight is 632 g/mol. The molecule has 4 rings (SSSR count). The minimum atomic E-state index is -0.339. The summed E-state index contributed by atoms with van der Waals surface area (Å²) in [5.74, 6) is 0.846. The summed E-state index contributed by atoms with van der Waals surface area (Å²) in [6.07, 6.45) is 2.79. The number of carbonyl (C=O) groups excluding carboxylic acids is 1. The van der Waals surface area contributed by atoms with Gasteiger partial charge in [-0.15, -0.1) is 12.4 Å². The molecule has 11 nitrogen and oxygen atoms in total. The maximum absolute atomic E-state index is 13.1. The van der Waals surface area contributed by atoms with Gasteiger partial charge in [0.2, 0.25) is 11.9 Å². The number of ether oxygens (including phenoxy) is 1. The van der Waals surface area contributed by atoms with Gasteiger partial charge in [0.1, 0.15) is 11.6 Å². The molecule has 0 atom stereocenters. The van der Waals surface area contributed by atoms with E-state index in [0.29, 0.717) is 28.5 Å². The lowest BCUT2D eigenvalue weighted by Gasteiger charge is -2.26. The van der Waals surface area contributed by atoms with Crippen molar-refractivity contribution >= 4 is 68.3 Å². The first-order valence-corrected chi connectivity index (χ1v) is 12.9. The number of amides is 1. The van der Waals surface area contributed by atoms with Crippen LogP contribution in [0, 0.1) is 0 Å². The molecule has 0 saturated heterocycles. The zero-order chi connectivity index (χ0) is 28.3. The van der Waals surface area contributed by atoms with Gasteiger partial charge in [-0.25, -0.2) is 14.3 Å². The number of rotatable bonds is 10. The van der Waals surface area contributed by atoms with Crippen molar-refractivity contribution in [2.75, 3.05) is 56.9 Å². The Morgan fingerprint density at radius 1 is 1.12 bits per heavy atom. The first-order valence-electron chi connectivity index (χ1n) is 12.1. The number of hydrogen-bond donors (Lipinski definition) is 2. The van der Waals surface area contributed by atoms with Crippen LogP contribution in [0.5, 0.6) is 5.75 Å². The molecular weight excluding hydrogens is 600 g/mol. The highest BCUT2D eigenvalue weighted by Crippen LogP contribution is 2.38. The van der Waals surface area contributed by atoms with Crippen molar-refractivity contribution in [1.29, 1.82) is 0 Å². The van der Waals surface area contributed by atoms with Gasteiger partial charge in [-0.3, -0.25) is 9.36 Å². The summed E-state index contributed by atoms with van der Waals surface area (Å²) in [5, 5.41) is 6.06. The number of benzene rings is 2. The Morgan fingerprint density at radius 3 is 2.55 bits per heavy atom. The van der Waals surface area contributed by atoms with Gasteiger partial charge in [-0.05, 0) is 44.4 Å². The number of imidazole rings is 1. The molecule has 0 fully saturated rings. The molecule has 13 heteroatoms. The topological polar surface area (TPSA) is 110 Å². The van der Waals surface area contributed by atoms with E-state index in [9.17, 15) is 9.59 Å². The van der Waals surface area contributed by atoms with E-state index in [4.69, 9.17) is 4.74 Å². The number of nitrogens with zero attached hydrogens (tertiary/aromatic N) is 6. The molecule has 0 radical (unpaired) electrons. The minimum Gasteiger partial charge on any atom is -0.494 e. The monoisotopic (exact) mass is 630 g/mol. The summed E-state index contributed by atoms with van der Waals surface area (Å²) in [6.45, 7) is 5.11. The number of methoxy groups -OCH3 is 1. The highest BCUT2D eigenvalue weighted by Gasteiger charge is 2.18. The Labute approximate surface area is 247 Å². The Balaban J connectivity index is 0.00000441. The molecule has 0 bridgehead atoms. The number of hydrogen-bond acceptors (Lipinski definition) is 8. The summed E-state index contributed by atoms with van der Waals surface area (Å²) in [6, 6.07) is 10.9. The second kappa shape index (κ2) is 13.0. The van der Waals surface area contributed by atoms with Gasteiger partial charge in [0.25, 0.3) is 0 Å². The largest absolute Gasteiger partial charge is 0.494 e. The molecule has 2 heterocycles. The van der Waals surface area contributed by atoms with Crippen LogP contribution in [0.2, 0.25) is 0 Å². The van der Waals surface area contributed by atoms with Crippen molar-refractivity contribution in [3.63, 3.8) is 0 Å². The molecular formula is C27H32BrClN8O3. The van der Waals surface area contributed by atoms with Crippen molar-refractivity contribution in [2.24, 2.45) is 7.05 Å². The molecule has 2 aromatic carbocycles. The van der Waals surface area contributed by atoms with Crippen LogP contribution < -0.4 is 26.0 Å². The van der Waals surface area contributed by atoms with Crippen molar-refractivity contribution < 1.29 is 9.53 Å². The second-order valence-corrected chi connectivity index (χ2v) is 10.1. The van der Waals surface area contributed by atoms with Gasteiger partial charge in [-0.1, -0.05) is 22.5 Å².